The highest BCUT2D eigenvalue weighted by Gasteiger charge is 2.34. The SMILES string of the molecule is COC1(CNc2cc(Cl)ccc2C#N)CCOC1. The van der Waals surface area contributed by atoms with Gasteiger partial charge >= 0.3 is 0 Å². The Morgan fingerprint density at radius 2 is 2.44 bits per heavy atom. The van der Waals surface area contributed by atoms with Crippen molar-refractivity contribution in [3.63, 3.8) is 0 Å². The lowest BCUT2D eigenvalue weighted by molar-refractivity contribution is -0.00620. The summed E-state index contributed by atoms with van der Waals surface area (Å²) in [4.78, 5) is 0. The predicted octanol–water partition coefficient (Wildman–Crippen LogP) is 2.43. The maximum atomic E-state index is 9.03. The minimum absolute atomic E-state index is 0.310. The molecular formula is C13H15ClN2O2. The largest absolute Gasteiger partial charge is 0.381 e. The molecule has 1 fully saturated rings. The number of rotatable bonds is 4. The van der Waals surface area contributed by atoms with Crippen molar-refractivity contribution in [3.8, 4) is 6.07 Å². The van der Waals surface area contributed by atoms with E-state index in [-0.39, 0.29) is 5.60 Å². The Labute approximate surface area is 111 Å². The van der Waals surface area contributed by atoms with Gasteiger partial charge in [-0.25, -0.2) is 0 Å². The molecule has 0 radical (unpaired) electrons. The molecule has 96 valence electrons. The molecule has 0 amide bonds. The fourth-order valence-corrected chi connectivity index (χ4v) is 2.15. The standard InChI is InChI=1S/C13H15ClN2O2/c1-17-13(4-5-18-9-13)8-16-12-6-11(14)3-2-10(12)7-15/h2-3,6,16H,4-5,8-9H2,1H3. The number of halogens is 1. The van der Waals surface area contributed by atoms with E-state index in [1.165, 1.54) is 0 Å². The molecule has 0 aliphatic carbocycles. The third-order valence-electron chi connectivity index (χ3n) is 3.20. The van der Waals surface area contributed by atoms with E-state index in [0.717, 1.165) is 12.1 Å². The molecule has 5 heteroatoms. The van der Waals surface area contributed by atoms with E-state index < -0.39 is 0 Å². The van der Waals surface area contributed by atoms with Crippen LogP contribution in [0.1, 0.15) is 12.0 Å². The quantitative estimate of drug-likeness (QED) is 0.909. The summed E-state index contributed by atoms with van der Waals surface area (Å²) in [7, 11) is 1.68. The average Bonchev–Trinajstić information content (AvgIpc) is 2.86. The van der Waals surface area contributed by atoms with Crippen LogP contribution in [0.2, 0.25) is 5.02 Å². The molecule has 1 aromatic rings. The van der Waals surface area contributed by atoms with Crippen LogP contribution in [-0.4, -0.2) is 32.5 Å². The van der Waals surface area contributed by atoms with Crippen LogP contribution >= 0.6 is 11.6 Å². The molecule has 1 atom stereocenters. The smallest absolute Gasteiger partial charge is 0.110 e. The lowest BCUT2D eigenvalue weighted by atomic mass is 10.0. The zero-order valence-electron chi connectivity index (χ0n) is 10.2. The van der Waals surface area contributed by atoms with Crippen LogP contribution in [-0.2, 0) is 9.47 Å². The molecule has 1 N–H and O–H groups in total. The van der Waals surface area contributed by atoms with Gasteiger partial charge in [0.1, 0.15) is 11.7 Å². The van der Waals surface area contributed by atoms with E-state index in [4.69, 9.17) is 26.3 Å². The van der Waals surface area contributed by atoms with Crippen LogP contribution < -0.4 is 5.32 Å². The number of ether oxygens (including phenoxy) is 2. The van der Waals surface area contributed by atoms with Crippen molar-refractivity contribution in [3.05, 3.63) is 28.8 Å². The minimum atomic E-state index is -0.310. The molecule has 1 aromatic carbocycles. The fourth-order valence-electron chi connectivity index (χ4n) is 1.98. The van der Waals surface area contributed by atoms with Crippen molar-refractivity contribution in [2.24, 2.45) is 0 Å². The molecule has 0 bridgehead atoms. The molecule has 1 saturated heterocycles. The normalized spacial score (nSPS) is 22.7. The Morgan fingerprint density at radius 3 is 3.06 bits per heavy atom. The topological polar surface area (TPSA) is 54.3 Å². The van der Waals surface area contributed by atoms with Crippen molar-refractivity contribution in [1.29, 1.82) is 5.26 Å². The average molecular weight is 267 g/mol. The van der Waals surface area contributed by atoms with E-state index in [0.29, 0.717) is 30.3 Å². The van der Waals surface area contributed by atoms with Crippen LogP contribution in [0.4, 0.5) is 5.69 Å². The molecule has 0 aromatic heterocycles. The van der Waals surface area contributed by atoms with E-state index in [2.05, 4.69) is 11.4 Å². The molecule has 2 rings (SSSR count). The zero-order chi connectivity index (χ0) is 13.0. The van der Waals surface area contributed by atoms with E-state index in [1.54, 1.807) is 25.3 Å². The number of hydrogen-bond acceptors (Lipinski definition) is 4. The Kier molecular flexibility index (Phi) is 4.07. The molecule has 1 heterocycles. The Hall–Kier alpha value is -1.28. The number of nitrogens with one attached hydrogen (secondary N) is 1. The first-order valence-electron chi connectivity index (χ1n) is 5.75. The zero-order valence-corrected chi connectivity index (χ0v) is 11.0. The molecule has 0 saturated carbocycles. The Morgan fingerprint density at radius 1 is 1.61 bits per heavy atom. The lowest BCUT2D eigenvalue weighted by Gasteiger charge is -2.26. The highest BCUT2D eigenvalue weighted by atomic mass is 35.5. The number of nitrogens with zero attached hydrogens (tertiary/aromatic N) is 1. The van der Waals surface area contributed by atoms with Crippen molar-refractivity contribution < 1.29 is 9.47 Å². The number of methoxy groups -OCH3 is 1. The highest BCUT2D eigenvalue weighted by molar-refractivity contribution is 6.30. The number of anilines is 1. The van der Waals surface area contributed by atoms with Crippen molar-refractivity contribution >= 4 is 17.3 Å². The number of nitriles is 1. The lowest BCUT2D eigenvalue weighted by Crippen LogP contribution is -2.39. The van der Waals surface area contributed by atoms with Crippen LogP contribution in [0.3, 0.4) is 0 Å². The second-order valence-corrected chi connectivity index (χ2v) is 4.78. The molecule has 4 nitrogen and oxygen atoms in total. The van der Waals surface area contributed by atoms with Crippen LogP contribution in [0.25, 0.3) is 0 Å². The first-order chi connectivity index (χ1) is 8.69. The van der Waals surface area contributed by atoms with Gasteiger partial charge in [-0.3, -0.25) is 0 Å². The van der Waals surface area contributed by atoms with Crippen molar-refractivity contribution in [1.82, 2.24) is 0 Å². The molecule has 0 spiro atoms. The second kappa shape index (κ2) is 5.57. The van der Waals surface area contributed by atoms with Gasteiger partial charge in [0.15, 0.2) is 0 Å². The molecule has 1 aliphatic rings. The van der Waals surface area contributed by atoms with Gasteiger partial charge in [0, 0.05) is 31.7 Å². The summed E-state index contributed by atoms with van der Waals surface area (Å²) in [6.07, 6.45) is 0.846. The van der Waals surface area contributed by atoms with Crippen LogP contribution in [0.15, 0.2) is 18.2 Å². The van der Waals surface area contributed by atoms with Gasteiger partial charge in [0.2, 0.25) is 0 Å². The summed E-state index contributed by atoms with van der Waals surface area (Å²) in [5.41, 5.74) is 0.993. The summed E-state index contributed by atoms with van der Waals surface area (Å²) in [6, 6.07) is 7.29. The van der Waals surface area contributed by atoms with Gasteiger partial charge in [-0.2, -0.15) is 5.26 Å². The molecule has 18 heavy (non-hydrogen) atoms. The van der Waals surface area contributed by atoms with E-state index in [9.17, 15) is 0 Å². The third kappa shape index (κ3) is 2.75. The first-order valence-corrected chi connectivity index (χ1v) is 6.13. The van der Waals surface area contributed by atoms with Gasteiger partial charge in [0.25, 0.3) is 0 Å². The summed E-state index contributed by atoms with van der Waals surface area (Å²) in [6.45, 7) is 1.87. The second-order valence-electron chi connectivity index (χ2n) is 4.34. The summed E-state index contributed by atoms with van der Waals surface area (Å²) >= 11 is 5.93. The van der Waals surface area contributed by atoms with Crippen molar-refractivity contribution in [2.75, 3.05) is 32.2 Å². The molecular weight excluding hydrogens is 252 g/mol. The van der Waals surface area contributed by atoms with Crippen LogP contribution in [0, 0.1) is 11.3 Å². The van der Waals surface area contributed by atoms with Gasteiger partial charge < -0.3 is 14.8 Å². The van der Waals surface area contributed by atoms with Crippen LogP contribution in [0.5, 0.6) is 0 Å². The molecule has 1 aliphatic heterocycles. The summed E-state index contributed by atoms with van der Waals surface area (Å²) in [5.74, 6) is 0. The minimum Gasteiger partial charge on any atom is -0.381 e. The number of benzene rings is 1. The van der Waals surface area contributed by atoms with Gasteiger partial charge in [0.05, 0.1) is 17.9 Å². The summed E-state index contributed by atoms with van der Waals surface area (Å²) < 4.78 is 10.9. The van der Waals surface area contributed by atoms with Gasteiger partial charge in [-0.1, -0.05) is 11.6 Å². The third-order valence-corrected chi connectivity index (χ3v) is 3.44. The monoisotopic (exact) mass is 266 g/mol. The highest BCUT2D eigenvalue weighted by Crippen LogP contribution is 2.25. The predicted molar refractivity (Wildman–Crippen MR) is 69.8 cm³/mol. The summed E-state index contributed by atoms with van der Waals surface area (Å²) in [5, 5.41) is 12.9. The maximum Gasteiger partial charge on any atom is 0.110 e. The first kappa shape index (κ1) is 13.2. The Balaban J connectivity index is 2.10. The Bertz CT molecular complexity index is 465. The van der Waals surface area contributed by atoms with Gasteiger partial charge in [-0.05, 0) is 18.2 Å². The maximum absolute atomic E-state index is 9.03. The molecule has 1 unspecified atom stereocenters. The fraction of sp³-hybridized carbons (Fsp3) is 0.462. The van der Waals surface area contributed by atoms with Crippen molar-refractivity contribution in [2.45, 2.75) is 12.0 Å². The number of hydrogen-bond donors (Lipinski definition) is 1. The van der Waals surface area contributed by atoms with E-state index >= 15 is 0 Å². The van der Waals surface area contributed by atoms with Gasteiger partial charge in [-0.15, -0.1) is 0 Å². The van der Waals surface area contributed by atoms with E-state index in [1.807, 2.05) is 0 Å².